The Balaban J connectivity index is 1.35. The standard InChI is InChI=1S/C23H25N3O3/c1-16-6-5-7-18(14-16)25-13-12-24(15-17(25)2)21(27)10-11-26-22(28)19-8-3-4-9-20(19)23(26)29/h3-9,14,17H,10-13,15H2,1-2H3/t17-/m0/s1. The summed E-state index contributed by atoms with van der Waals surface area (Å²) < 4.78 is 0. The van der Waals surface area contributed by atoms with Crippen LogP contribution in [-0.2, 0) is 4.79 Å². The summed E-state index contributed by atoms with van der Waals surface area (Å²) in [6, 6.07) is 15.4. The first-order chi connectivity index (χ1) is 14.0. The number of hydrogen-bond acceptors (Lipinski definition) is 4. The molecule has 6 heteroatoms. The van der Waals surface area contributed by atoms with E-state index in [1.165, 1.54) is 16.2 Å². The third-order valence-corrected chi connectivity index (χ3v) is 5.74. The Labute approximate surface area is 170 Å². The van der Waals surface area contributed by atoms with Crippen molar-refractivity contribution in [2.75, 3.05) is 31.1 Å². The Morgan fingerprint density at radius 3 is 2.31 bits per heavy atom. The minimum atomic E-state index is -0.309. The highest BCUT2D eigenvalue weighted by molar-refractivity contribution is 6.21. The van der Waals surface area contributed by atoms with E-state index in [0.717, 1.165) is 6.54 Å². The number of hydrogen-bond donors (Lipinski definition) is 0. The molecule has 150 valence electrons. The Bertz CT molecular complexity index is 936. The average molecular weight is 391 g/mol. The lowest BCUT2D eigenvalue weighted by Crippen LogP contribution is -2.54. The second kappa shape index (κ2) is 7.70. The maximum atomic E-state index is 12.7. The molecular weight excluding hydrogens is 366 g/mol. The predicted octanol–water partition coefficient (Wildman–Crippen LogP) is 2.72. The summed E-state index contributed by atoms with van der Waals surface area (Å²) in [4.78, 5) is 43.0. The third-order valence-electron chi connectivity index (χ3n) is 5.74. The first-order valence-corrected chi connectivity index (χ1v) is 10.0. The number of fused-ring (bicyclic) bond motifs is 1. The van der Waals surface area contributed by atoms with Gasteiger partial charge in [-0.1, -0.05) is 24.3 Å². The summed E-state index contributed by atoms with van der Waals surface area (Å²) in [5.41, 5.74) is 3.24. The van der Waals surface area contributed by atoms with Crippen LogP contribution in [-0.4, -0.2) is 59.7 Å². The molecule has 1 atom stereocenters. The lowest BCUT2D eigenvalue weighted by atomic mass is 10.1. The summed E-state index contributed by atoms with van der Waals surface area (Å²) >= 11 is 0. The van der Waals surface area contributed by atoms with E-state index < -0.39 is 0 Å². The van der Waals surface area contributed by atoms with Crippen LogP contribution in [0.2, 0.25) is 0 Å². The molecule has 0 saturated carbocycles. The first-order valence-electron chi connectivity index (χ1n) is 10.0. The van der Waals surface area contributed by atoms with Crippen LogP contribution in [0, 0.1) is 6.92 Å². The van der Waals surface area contributed by atoms with Gasteiger partial charge >= 0.3 is 0 Å². The Morgan fingerprint density at radius 1 is 1.00 bits per heavy atom. The molecule has 1 saturated heterocycles. The molecule has 0 N–H and O–H groups in total. The second-order valence-electron chi connectivity index (χ2n) is 7.78. The molecule has 6 nitrogen and oxygen atoms in total. The maximum Gasteiger partial charge on any atom is 0.261 e. The molecule has 0 radical (unpaired) electrons. The van der Waals surface area contributed by atoms with Gasteiger partial charge in [0.1, 0.15) is 0 Å². The second-order valence-corrected chi connectivity index (χ2v) is 7.78. The zero-order valence-electron chi connectivity index (χ0n) is 16.8. The number of amides is 3. The lowest BCUT2D eigenvalue weighted by Gasteiger charge is -2.41. The first kappa shape index (κ1) is 19.2. The molecule has 0 aromatic heterocycles. The van der Waals surface area contributed by atoms with Gasteiger partial charge in [0, 0.05) is 44.3 Å². The van der Waals surface area contributed by atoms with E-state index in [1.807, 2.05) is 4.90 Å². The fourth-order valence-electron chi connectivity index (χ4n) is 4.18. The highest BCUT2D eigenvalue weighted by Gasteiger charge is 2.35. The van der Waals surface area contributed by atoms with Crippen LogP contribution in [0.3, 0.4) is 0 Å². The SMILES string of the molecule is Cc1cccc(N2CCN(C(=O)CCN3C(=O)c4ccccc4C3=O)C[C@@H]2C)c1. The summed E-state index contributed by atoms with van der Waals surface area (Å²) in [6.07, 6.45) is 0.155. The fraction of sp³-hybridized carbons (Fsp3) is 0.348. The molecule has 0 unspecified atom stereocenters. The van der Waals surface area contributed by atoms with E-state index in [1.54, 1.807) is 24.3 Å². The topological polar surface area (TPSA) is 60.9 Å². The minimum absolute atomic E-state index is 0.0164. The van der Waals surface area contributed by atoms with Crippen molar-refractivity contribution in [1.82, 2.24) is 9.80 Å². The fourth-order valence-corrected chi connectivity index (χ4v) is 4.18. The molecule has 0 bridgehead atoms. The number of piperazine rings is 1. The van der Waals surface area contributed by atoms with Crippen LogP contribution in [0.4, 0.5) is 5.69 Å². The number of carbonyl (C=O) groups is 3. The van der Waals surface area contributed by atoms with Crippen molar-refractivity contribution in [1.29, 1.82) is 0 Å². The van der Waals surface area contributed by atoms with Gasteiger partial charge < -0.3 is 9.80 Å². The Hall–Kier alpha value is -3.15. The van der Waals surface area contributed by atoms with Gasteiger partial charge in [0.05, 0.1) is 11.1 Å². The number of aryl methyl sites for hydroxylation is 1. The molecule has 2 aliphatic rings. The number of carbonyl (C=O) groups excluding carboxylic acids is 3. The molecular formula is C23H25N3O3. The molecule has 29 heavy (non-hydrogen) atoms. The monoisotopic (exact) mass is 391 g/mol. The number of rotatable bonds is 4. The van der Waals surface area contributed by atoms with Crippen LogP contribution in [0.15, 0.2) is 48.5 Å². The predicted molar refractivity (Wildman–Crippen MR) is 111 cm³/mol. The number of anilines is 1. The molecule has 4 rings (SSSR count). The van der Waals surface area contributed by atoms with Crippen molar-refractivity contribution >= 4 is 23.4 Å². The zero-order chi connectivity index (χ0) is 20.5. The van der Waals surface area contributed by atoms with Crippen molar-refractivity contribution in [3.05, 3.63) is 65.2 Å². The number of benzene rings is 2. The summed E-state index contributed by atoms with van der Waals surface area (Å²) in [5.74, 6) is -0.635. The molecule has 3 amide bonds. The summed E-state index contributed by atoms with van der Waals surface area (Å²) in [7, 11) is 0. The van der Waals surface area contributed by atoms with Gasteiger partial charge in [-0.3, -0.25) is 19.3 Å². The Morgan fingerprint density at radius 2 is 1.69 bits per heavy atom. The molecule has 2 aromatic carbocycles. The van der Waals surface area contributed by atoms with Gasteiger partial charge in [-0.05, 0) is 43.7 Å². The third kappa shape index (κ3) is 3.62. The van der Waals surface area contributed by atoms with Crippen molar-refractivity contribution < 1.29 is 14.4 Å². The van der Waals surface area contributed by atoms with Crippen molar-refractivity contribution in [2.45, 2.75) is 26.3 Å². The van der Waals surface area contributed by atoms with Crippen molar-refractivity contribution in [2.24, 2.45) is 0 Å². The van der Waals surface area contributed by atoms with Crippen LogP contribution < -0.4 is 4.90 Å². The van der Waals surface area contributed by atoms with Crippen LogP contribution in [0.25, 0.3) is 0 Å². The van der Waals surface area contributed by atoms with E-state index in [0.29, 0.717) is 24.2 Å². The molecule has 0 spiro atoms. The van der Waals surface area contributed by atoms with Gasteiger partial charge in [0.15, 0.2) is 0 Å². The summed E-state index contributed by atoms with van der Waals surface area (Å²) in [5, 5.41) is 0. The number of nitrogens with zero attached hydrogens (tertiary/aromatic N) is 3. The molecule has 0 aliphatic carbocycles. The van der Waals surface area contributed by atoms with E-state index in [-0.39, 0.29) is 36.7 Å². The van der Waals surface area contributed by atoms with E-state index in [9.17, 15) is 14.4 Å². The molecule has 2 heterocycles. The summed E-state index contributed by atoms with van der Waals surface area (Å²) in [6.45, 7) is 6.36. The molecule has 2 aromatic rings. The minimum Gasteiger partial charge on any atom is -0.365 e. The smallest absolute Gasteiger partial charge is 0.261 e. The van der Waals surface area contributed by atoms with Crippen LogP contribution in [0.1, 0.15) is 39.6 Å². The van der Waals surface area contributed by atoms with Crippen molar-refractivity contribution in [3.8, 4) is 0 Å². The van der Waals surface area contributed by atoms with Crippen LogP contribution >= 0.6 is 0 Å². The van der Waals surface area contributed by atoms with Crippen molar-refractivity contribution in [3.63, 3.8) is 0 Å². The zero-order valence-corrected chi connectivity index (χ0v) is 16.8. The van der Waals surface area contributed by atoms with E-state index >= 15 is 0 Å². The van der Waals surface area contributed by atoms with Crippen LogP contribution in [0.5, 0.6) is 0 Å². The van der Waals surface area contributed by atoms with Gasteiger partial charge in [0.2, 0.25) is 5.91 Å². The largest absolute Gasteiger partial charge is 0.365 e. The molecule has 1 fully saturated rings. The van der Waals surface area contributed by atoms with E-state index in [4.69, 9.17) is 0 Å². The molecule has 2 aliphatic heterocycles. The Kier molecular flexibility index (Phi) is 5.09. The highest BCUT2D eigenvalue weighted by atomic mass is 16.2. The van der Waals surface area contributed by atoms with Gasteiger partial charge in [-0.2, -0.15) is 0 Å². The lowest BCUT2D eigenvalue weighted by molar-refractivity contribution is -0.132. The quantitative estimate of drug-likeness (QED) is 0.752. The highest BCUT2D eigenvalue weighted by Crippen LogP contribution is 2.24. The van der Waals surface area contributed by atoms with Gasteiger partial charge in [0.25, 0.3) is 11.8 Å². The maximum absolute atomic E-state index is 12.7. The van der Waals surface area contributed by atoms with Gasteiger partial charge in [-0.25, -0.2) is 0 Å². The average Bonchev–Trinajstić information content (AvgIpc) is 2.96. The number of imide groups is 1. The van der Waals surface area contributed by atoms with Gasteiger partial charge in [-0.15, -0.1) is 0 Å². The van der Waals surface area contributed by atoms with E-state index in [2.05, 4.69) is 43.0 Å². The normalized spacial score (nSPS) is 19.0.